The topological polar surface area (TPSA) is 61.0 Å². The molecule has 6 heteroatoms. The number of hydrogen-bond acceptors (Lipinski definition) is 6. The molecule has 4 aromatic rings. The molecule has 10 aliphatic heterocycles. The van der Waals surface area contributed by atoms with Gasteiger partial charge in [-0.25, -0.2) is 0 Å². The molecule has 0 amide bonds. The summed E-state index contributed by atoms with van der Waals surface area (Å²) in [6.45, 7) is 9.49. The van der Waals surface area contributed by atoms with Crippen molar-refractivity contribution in [1.82, 2.24) is 10.6 Å². The zero-order chi connectivity index (χ0) is 29.2. The molecule has 10 heterocycles. The molecule has 14 rings (SSSR count). The molecule has 0 spiro atoms. The van der Waals surface area contributed by atoms with Gasteiger partial charge in [0.2, 0.25) is 0 Å². The molecule has 8 bridgehead atoms. The third-order valence-corrected chi connectivity index (χ3v) is 6.70. The van der Waals surface area contributed by atoms with Crippen molar-refractivity contribution in [3.8, 4) is 23.0 Å². The Balaban J connectivity index is 0.00000198. The predicted octanol–water partition coefficient (Wildman–Crippen LogP) is 6.30. The lowest BCUT2D eigenvalue weighted by molar-refractivity contribution is 0.289. The lowest BCUT2D eigenvalue weighted by Crippen LogP contribution is -2.25. The largest absolute Gasteiger partial charge is 0.492 e. The Morgan fingerprint density at radius 3 is 0.786 bits per heavy atom. The summed E-state index contributed by atoms with van der Waals surface area (Å²) >= 11 is 0. The molecule has 0 atom stereocenters. The first kappa shape index (κ1) is 30.9. The minimum atomic E-state index is 0.609. The summed E-state index contributed by atoms with van der Waals surface area (Å²) in [5.74, 6) is 3.53. The van der Waals surface area contributed by atoms with Gasteiger partial charge in [0.05, 0.1) is 0 Å². The van der Waals surface area contributed by atoms with Gasteiger partial charge in [0.1, 0.15) is 49.4 Å². The summed E-state index contributed by atoms with van der Waals surface area (Å²) in [6, 6.07) is 33.3. The van der Waals surface area contributed by atoms with Crippen LogP contribution < -0.4 is 29.6 Å². The second kappa shape index (κ2) is 17.7. The van der Waals surface area contributed by atoms with Crippen LogP contribution >= 0.6 is 0 Å². The van der Waals surface area contributed by atoms with Crippen LogP contribution in [0.5, 0.6) is 23.0 Å². The summed E-state index contributed by atoms with van der Waals surface area (Å²) in [4.78, 5) is 0. The summed E-state index contributed by atoms with van der Waals surface area (Å²) in [7, 11) is 0. The van der Waals surface area contributed by atoms with Crippen molar-refractivity contribution in [3.05, 3.63) is 119 Å². The fourth-order valence-corrected chi connectivity index (χ4v) is 4.50. The molecular weight excluding hydrogens is 524 g/mol. The van der Waals surface area contributed by atoms with Gasteiger partial charge in [-0.05, 0) is 83.6 Å². The second-order valence-electron chi connectivity index (χ2n) is 9.82. The Bertz CT molecular complexity index is 1070. The third-order valence-electron chi connectivity index (χ3n) is 6.70. The Labute approximate surface area is 251 Å². The van der Waals surface area contributed by atoms with Gasteiger partial charge >= 0.3 is 0 Å². The van der Waals surface area contributed by atoms with Gasteiger partial charge in [0, 0.05) is 26.2 Å². The van der Waals surface area contributed by atoms with Crippen molar-refractivity contribution in [2.24, 2.45) is 0 Å². The Morgan fingerprint density at radius 1 is 0.357 bits per heavy atom. The van der Waals surface area contributed by atoms with E-state index in [0.717, 1.165) is 62.0 Å². The van der Waals surface area contributed by atoms with Crippen LogP contribution in [-0.4, -0.2) is 52.6 Å². The van der Waals surface area contributed by atoms with Gasteiger partial charge in [-0.3, -0.25) is 0 Å². The first-order valence-electron chi connectivity index (χ1n) is 15.1. The average Bonchev–Trinajstić information content (AvgIpc) is 3.04. The standard InChI is InChI=1S/C34H38N2O4.C2H6/c1-9-31-10-2-27(1)25-28-3-11-32(12-4-28)38-23-19-36-20-24-40-34-15-7-30(8-16-34)26-29-5-13-33(14-6-29)39-22-18-35-17-21-37-31;1-2/h1-16,35-36H,17-26H2;1-2H3. The van der Waals surface area contributed by atoms with E-state index in [-0.39, 0.29) is 0 Å². The SMILES string of the molecule is CC.c1cc2ccc1Cc1ccc(cc1)OCCNCCOc1ccc(cc1)Cc1ccc(cc1)OCCNCCO2. The van der Waals surface area contributed by atoms with E-state index in [2.05, 4.69) is 59.2 Å². The Hall–Kier alpha value is -4.00. The van der Waals surface area contributed by atoms with E-state index in [4.69, 9.17) is 18.9 Å². The van der Waals surface area contributed by atoms with Crippen LogP contribution in [0.1, 0.15) is 36.1 Å². The van der Waals surface area contributed by atoms with E-state index in [1.807, 2.05) is 62.4 Å². The Kier molecular flexibility index (Phi) is 13.1. The lowest BCUT2D eigenvalue weighted by atomic mass is 10.0. The number of ether oxygens (including phenoxy) is 4. The van der Waals surface area contributed by atoms with Crippen molar-refractivity contribution in [1.29, 1.82) is 0 Å². The number of hydrogen-bond donors (Lipinski definition) is 2. The highest BCUT2D eigenvalue weighted by atomic mass is 16.5. The van der Waals surface area contributed by atoms with Crippen LogP contribution in [0.25, 0.3) is 0 Å². The van der Waals surface area contributed by atoms with Gasteiger partial charge in [-0.15, -0.1) is 0 Å². The minimum absolute atomic E-state index is 0.609. The maximum absolute atomic E-state index is 5.89. The van der Waals surface area contributed by atoms with Crippen LogP contribution in [0, 0.1) is 0 Å². The Morgan fingerprint density at radius 2 is 0.571 bits per heavy atom. The normalized spacial score (nSPS) is 15.0. The minimum Gasteiger partial charge on any atom is -0.492 e. The van der Waals surface area contributed by atoms with Crippen LogP contribution in [0.2, 0.25) is 0 Å². The van der Waals surface area contributed by atoms with Crippen LogP contribution in [-0.2, 0) is 12.8 Å². The van der Waals surface area contributed by atoms with Crippen LogP contribution in [0.15, 0.2) is 97.1 Å². The molecule has 4 aromatic carbocycles. The van der Waals surface area contributed by atoms with Crippen molar-refractivity contribution in [3.63, 3.8) is 0 Å². The van der Waals surface area contributed by atoms with Crippen molar-refractivity contribution >= 4 is 0 Å². The van der Waals surface area contributed by atoms with Gasteiger partial charge in [0.15, 0.2) is 0 Å². The van der Waals surface area contributed by atoms with E-state index in [0.29, 0.717) is 26.4 Å². The van der Waals surface area contributed by atoms with E-state index in [1.54, 1.807) is 0 Å². The quantitative estimate of drug-likeness (QED) is 0.260. The molecule has 0 radical (unpaired) electrons. The van der Waals surface area contributed by atoms with Crippen LogP contribution in [0.4, 0.5) is 0 Å². The third kappa shape index (κ3) is 10.8. The molecule has 10 aliphatic rings. The number of nitrogens with one attached hydrogen (secondary N) is 2. The molecule has 42 heavy (non-hydrogen) atoms. The van der Waals surface area contributed by atoms with Crippen molar-refractivity contribution < 1.29 is 18.9 Å². The molecular formula is C36H44N2O4. The van der Waals surface area contributed by atoms with E-state index in [1.165, 1.54) is 22.3 Å². The van der Waals surface area contributed by atoms with E-state index < -0.39 is 0 Å². The maximum atomic E-state index is 5.89. The molecule has 0 fully saturated rings. The zero-order valence-corrected chi connectivity index (χ0v) is 24.9. The highest BCUT2D eigenvalue weighted by Gasteiger charge is 2.03. The fourth-order valence-electron chi connectivity index (χ4n) is 4.50. The van der Waals surface area contributed by atoms with Crippen molar-refractivity contribution in [2.45, 2.75) is 26.7 Å². The molecule has 0 saturated carbocycles. The van der Waals surface area contributed by atoms with Gasteiger partial charge in [0.25, 0.3) is 0 Å². The molecule has 0 aromatic heterocycles. The summed E-state index contributed by atoms with van der Waals surface area (Å²) in [6.07, 6.45) is 1.74. The van der Waals surface area contributed by atoms with Gasteiger partial charge in [-0.2, -0.15) is 0 Å². The number of benzene rings is 4. The summed E-state index contributed by atoms with van der Waals surface area (Å²) < 4.78 is 23.5. The van der Waals surface area contributed by atoms with Crippen LogP contribution in [0.3, 0.4) is 0 Å². The molecule has 222 valence electrons. The second-order valence-corrected chi connectivity index (χ2v) is 9.82. The molecule has 6 nitrogen and oxygen atoms in total. The fraction of sp³-hybridized carbons (Fsp3) is 0.333. The number of rotatable bonds is 0. The molecule has 0 unspecified atom stereocenters. The molecule has 0 saturated heterocycles. The summed E-state index contributed by atoms with van der Waals surface area (Å²) in [5.41, 5.74) is 4.99. The first-order valence-corrected chi connectivity index (χ1v) is 15.1. The highest BCUT2D eigenvalue weighted by Crippen LogP contribution is 2.19. The van der Waals surface area contributed by atoms with Gasteiger partial charge in [-0.1, -0.05) is 62.4 Å². The summed E-state index contributed by atoms with van der Waals surface area (Å²) in [5, 5.41) is 6.75. The maximum Gasteiger partial charge on any atom is 0.119 e. The van der Waals surface area contributed by atoms with Gasteiger partial charge < -0.3 is 29.6 Å². The molecule has 0 aliphatic carbocycles. The van der Waals surface area contributed by atoms with Crippen molar-refractivity contribution in [2.75, 3.05) is 52.6 Å². The highest BCUT2D eigenvalue weighted by molar-refractivity contribution is 5.35. The average molecular weight is 569 g/mol. The first-order chi connectivity index (χ1) is 20.8. The smallest absolute Gasteiger partial charge is 0.119 e. The molecule has 2 N–H and O–H groups in total. The predicted molar refractivity (Wildman–Crippen MR) is 170 cm³/mol. The zero-order valence-electron chi connectivity index (χ0n) is 24.9. The lowest BCUT2D eigenvalue weighted by Gasteiger charge is -2.11. The monoisotopic (exact) mass is 568 g/mol. The van der Waals surface area contributed by atoms with E-state index >= 15 is 0 Å². The van der Waals surface area contributed by atoms with E-state index in [9.17, 15) is 0 Å².